The van der Waals surface area contributed by atoms with Crippen LogP contribution in [0, 0.1) is 0 Å². The van der Waals surface area contributed by atoms with E-state index in [1.54, 1.807) is 0 Å². The van der Waals surface area contributed by atoms with E-state index >= 15 is 0 Å². The Labute approximate surface area is 155 Å². The van der Waals surface area contributed by atoms with Crippen LogP contribution >= 0.6 is 11.3 Å². The predicted octanol–water partition coefficient (Wildman–Crippen LogP) is 2.85. The second-order valence-electron chi connectivity index (χ2n) is 4.98. The van der Waals surface area contributed by atoms with Crippen molar-refractivity contribution in [3.05, 3.63) is 40.6 Å². The lowest BCUT2D eigenvalue weighted by Gasteiger charge is -2.10. The summed E-state index contributed by atoms with van der Waals surface area (Å²) < 4.78 is 68.9. The number of carbonyl (C=O) groups excluding carboxylic acids is 2. The zero-order chi connectivity index (χ0) is 20.2. The molecule has 0 aliphatic carbocycles. The van der Waals surface area contributed by atoms with Crippen molar-refractivity contribution in [2.75, 3.05) is 18.2 Å². The SMILES string of the molecule is COC(=O)CS(=O)(=O)c1ccsc1C(=O)Nc1ccc(OC(F)(F)F)cc1. The highest BCUT2D eigenvalue weighted by Gasteiger charge is 2.31. The number of halogens is 3. The average molecular weight is 423 g/mol. The number of rotatable bonds is 6. The summed E-state index contributed by atoms with van der Waals surface area (Å²) in [7, 11) is -3.06. The quantitative estimate of drug-likeness (QED) is 0.718. The standard InChI is InChI=1S/C15H12F3NO6S2/c1-24-12(20)8-27(22,23)11-6-7-26-13(11)14(21)19-9-2-4-10(5-3-9)25-15(16,17)18/h2-7H,8H2,1H3,(H,19,21). The molecule has 0 bridgehead atoms. The van der Waals surface area contributed by atoms with Crippen molar-refractivity contribution in [1.29, 1.82) is 0 Å². The number of nitrogens with one attached hydrogen (secondary N) is 1. The average Bonchev–Trinajstić information content (AvgIpc) is 3.05. The second-order valence-corrected chi connectivity index (χ2v) is 7.85. The van der Waals surface area contributed by atoms with Gasteiger partial charge < -0.3 is 14.8 Å². The van der Waals surface area contributed by atoms with Gasteiger partial charge in [0.2, 0.25) is 0 Å². The van der Waals surface area contributed by atoms with E-state index in [2.05, 4.69) is 14.8 Å². The van der Waals surface area contributed by atoms with Gasteiger partial charge in [0, 0.05) is 5.69 Å². The van der Waals surface area contributed by atoms with Gasteiger partial charge in [0.05, 0.1) is 12.0 Å². The molecule has 2 aromatic rings. The van der Waals surface area contributed by atoms with Crippen LogP contribution in [0.15, 0.2) is 40.6 Å². The molecule has 12 heteroatoms. The van der Waals surface area contributed by atoms with Crippen LogP contribution in [0.25, 0.3) is 0 Å². The van der Waals surface area contributed by atoms with Crippen molar-refractivity contribution in [3.8, 4) is 5.75 Å². The molecule has 0 aliphatic rings. The molecule has 1 heterocycles. The van der Waals surface area contributed by atoms with Crippen molar-refractivity contribution < 1.29 is 40.7 Å². The van der Waals surface area contributed by atoms with Crippen molar-refractivity contribution in [1.82, 2.24) is 0 Å². The Balaban J connectivity index is 2.16. The molecule has 1 aromatic carbocycles. The number of alkyl halides is 3. The topological polar surface area (TPSA) is 98.8 Å². The monoisotopic (exact) mass is 423 g/mol. The van der Waals surface area contributed by atoms with Crippen LogP contribution in [0.3, 0.4) is 0 Å². The minimum absolute atomic E-state index is 0.124. The fourth-order valence-corrected chi connectivity index (χ4v) is 4.46. The number of amides is 1. The Bertz CT molecular complexity index is 935. The number of carbonyl (C=O) groups is 2. The lowest BCUT2D eigenvalue weighted by molar-refractivity contribution is -0.274. The van der Waals surface area contributed by atoms with Crippen molar-refractivity contribution in [2.45, 2.75) is 11.3 Å². The molecule has 27 heavy (non-hydrogen) atoms. The molecule has 0 spiro atoms. The molecule has 146 valence electrons. The maximum atomic E-state index is 12.3. The molecule has 0 atom stereocenters. The third kappa shape index (κ3) is 5.69. The molecule has 2 rings (SSSR count). The van der Waals surface area contributed by atoms with Crippen LogP contribution in [0.4, 0.5) is 18.9 Å². The van der Waals surface area contributed by atoms with E-state index in [0.29, 0.717) is 0 Å². The molecule has 1 amide bonds. The van der Waals surface area contributed by atoms with E-state index < -0.39 is 39.6 Å². The van der Waals surface area contributed by atoms with Gasteiger partial charge in [0.25, 0.3) is 5.91 Å². The van der Waals surface area contributed by atoms with Crippen LogP contribution in [0.1, 0.15) is 9.67 Å². The zero-order valence-corrected chi connectivity index (χ0v) is 15.2. The normalized spacial score (nSPS) is 11.7. The Kier molecular flexibility index (Phi) is 6.11. The molecule has 0 saturated carbocycles. The van der Waals surface area contributed by atoms with Crippen LogP contribution in [-0.2, 0) is 19.4 Å². The van der Waals surface area contributed by atoms with Gasteiger partial charge in [-0.25, -0.2) is 8.42 Å². The summed E-state index contributed by atoms with van der Waals surface area (Å²) in [5.41, 5.74) is 0.124. The summed E-state index contributed by atoms with van der Waals surface area (Å²) in [5, 5.41) is 3.73. The number of sulfone groups is 1. The Hall–Kier alpha value is -2.60. The van der Waals surface area contributed by atoms with Crippen LogP contribution < -0.4 is 10.1 Å². The molecule has 0 unspecified atom stereocenters. The molecular formula is C15H12F3NO6S2. The summed E-state index contributed by atoms with van der Waals surface area (Å²) in [4.78, 5) is 23.0. The van der Waals surface area contributed by atoms with Gasteiger partial charge in [0.1, 0.15) is 10.6 Å². The minimum Gasteiger partial charge on any atom is -0.468 e. The van der Waals surface area contributed by atoms with Gasteiger partial charge in [-0.05, 0) is 35.7 Å². The molecule has 7 nitrogen and oxygen atoms in total. The Morgan fingerprint density at radius 3 is 2.33 bits per heavy atom. The number of esters is 1. The second kappa shape index (κ2) is 7.96. The van der Waals surface area contributed by atoms with E-state index in [1.807, 2.05) is 0 Å². The molecule has 0 saturated heterocycles. The van der Waals surface area contributed by atoms with Gasteiger partial charge >= 0.3 is 12.3 Å². The first-order valence-electron chi connectivity index (χ1n) is 7.06. The Morgan fingerprint density at radius 1 is 1.15 bits per heavy atom. The highest BCUT2D eigenvalue weighted by molar-refractivity contribution is 7.92. The molecular weight excluding hydrogens is 411 g/mol. The van der Waals surface area contributed by atoms with Crippen molar-refractivity contribution in [2.24, 2.45) is 0 Å². The number of thiophene rings is 1. The Morgan fingerprint density at radius 2 is 1.78 bits per heavy atom. The largest absolute Gasteiger partial charge is 0.573 e. The molecule has 1 aromatic heterocycles. The summed E-state index contributed by atoms with van der Waals surface area (Å²) in [6.45, 7) is 0. The summed E-state index contributed by atoms with van der Waals surface area (Å²) in [6, 6.07) is 5.49. The highest BCUT2D eigenvalue weighted by Crippen LogP contribution is 2.26. The van der Waals surface area contributed by atoms with E-state index in [9.17, 15) is 31.2 Å². The fourth-order valence-electron chi connectivity index (χ4n) is 1.93. The first kappa shape index (κ1) is 20.7. The van der Waals surface area contributed by atoms with E-state index in [4.69, 9.17) is 0 Å². The van der Waals surface area contributed by atoms with Crippen molar-refractivity contribution >= 4 is 38.7 Å². The lowest BCUT2D eigenvalue weighted by atomic mass is 10.3. The van der Waals surface area contributed by atoms with Gasteiger partial charge in [-0.2, -0.15) is 0 Å². The van der Waals surface area contributed by atoms with Gasteiger partial charge in [-0.1, -0.05) is 0 Å². The summed E-state index contributed by atoms with van der Waals surface area (Å²) in [5.74, 6) is -3.17. The van der Waals surface area contributed by atoms with E-state index in [-0.39, 0.29) is 15.5 Å². The fraction of sp³-hybridized carbons (Fsp3) is 0.200. The summed E-state index contributed by atoms with van der Waals surface area (Å²) >= 11 is 0.833. The number of anilines is 1. The van der Waals surface area contributed by atoms with Crippen LogP contribution in [0.5, 0.6) is 5.75 Å². The molecule has 1 N–H and O–H groups in total. The van der Waals surface area contributed by atoms with Crippen LogP contribution in [0.2, 0.25) is 0 Å². The van der Waals surface area contributed by atoms with Crippen molar-refractivity contribution in [3.63, 3.8) is 0 Å². The number of hydrogen-bond donors (Lipinski definition) is 1. The first-order valence-corrected chi connectivity index (χ1v) is 9.59. The predicted molar refractivity (Wildman–Crippen MR) is 89.5 cm³/mol. The maximum absolute atomic E-state index is 12.3. The maximum Gasteiger partial charge on any atom is 0.573 e. The number of methoxy groups -OCH3 is 1. The van der Waals surface area contributed by atoms with Gasteiger partial charge in [-0.15, -0.1) is 24.5 Å². The van der Waals surface area contributed by atoms with E-state index in [1.165, 1.54) is 11.4 Å². The number of benzene rings is 1. The third-order valence-corrected chi connectivity index (χ3v) is 5.72. The zero-order valence-electron chi connectivity index (χ0n) is 13.6. The smallest absolute Gasteiger partial charge is 0.468 e. The van der Waals surface area contributed by atoms with Gasteiger partial charge in [-0.3, -0.25) is 9.59 Å². The lowest BCUT2D eigenvalue weighted by Crippen LogP contribution is -2.20. The molecule has 0 radical (unpaired) electrons. The first-order chi connectivity index (χ1) is 12.5. The molecule has 0 fully saturated rings. The number of hydrogen-bond acceptors (Lipinski definition) is 7. The number of ether oxygens (including phenoxy) is 2. The molecule has 0 aliphatic heterocycles. The van der Waals surface area contributed by atoms with Gasteiger partial charge in [0.15, 0.2) is 15.6 Å². The van der Waals surface area contributed by atoms with E-state index in [0.717, 1.165) is 42.7 Å². The summed E-state index contributed by atoms with van der Waals surface area (Å²) in [6.07, 6.45) is -4.84. The highest BCUT2D eigenvalue weighted by atomic mass is 32.2. The minimum atomic E-state index is -4.84. The van der Waals surface area contributed by atoms with Crippen LogP contribution in [-0.4, -0.2) is 39.5 Å². The third-order valence-electron chi connectivity index (χ3n) is 3.05.